The molecule has 1 heterocycles. The van der Waals surface area contributed by atoms with E-state index >= 15 is 0 Å². The highest BCUT2D eigenvalue weighted by Crippen LogP contribution is 2.21. The van der Waals surface area contributed by atoms with Gasteiger partial charge in [0.2, 0.25) is 10.0 Å². The molecule has 0 aliphatic heterocycles. The SMILES string of the molecule is COC(=O)c1csc(S(=O)(=O)NCC(CC(C)C)C(=O)O)c1. The number of carbonyl (C=O) groups is 2. The number of ether oxygens (including phenoxy) is 1. The fraction of sp³-hybridized carbons (Fsp3) is 0.538. The molecule has 1 aromatic rings. The minimum atomic E-state index is -3.85. The lowest BCUT2D eigenvalue weighted by atomic mass is 9.98. The van der Waals surface area contributed by atoms with Crippen LogP contribution in [0.3, 0.4) is 0 Å². The Morgan fingerprint density at radius 3 is 2.55 bits per heavy atom. The Kier molecular flexibility index (Phi) is 6.51. The summed E-state index contributed by atoms with van der Waals surface area (Å²) < 4.78 is 31.0. The van der Waals surface area contributed by atoms with Gasteiger partial charge < -0.3 is 9.84 Å². The van der Waals surface area contributed by atoms with Gasteiger partial charge in [0.15, 0.2) is 0 Å². The molecular formula is C13H19NO6S2. The van der Waals surface area contributed by atoms with E-state index in [9.17, 15) is 18.0 Å². The summed E-state index contributed by atoms with van der Waals surface area (Å²) in [5.74, 6) is -2.33. The third-order valence-corrected chi connectivity index (χ3v) is 5.75. The molecule has 0 radical (unpaired) electrons. The lowest BCUT2D eigenvalue weighted by molar-refractivity contribution is -0.142. The number of nitrogens with one attached hydrogen (secondary N) is 1. The van der Waals surface area contributed by atoms with Crippen molar-refractivity contribution in [3.05, 3.63) is 17.0 Å². The maximum atomic E-state index is 12.1. The van der Waals surface area contributed by atoms with Gasteiger partial charge in [-0.05, 0) is 18.4 Å². The van der Waals surface area contributed by atoms with E-state index in [4.69, 9.17) is 5.11 Å². The van der Waals surface area contributed by atoms with Crippen molar-refractivity contribution in [1.82, 2.24) is 4.72 Å². The van der Waals surface area contributed by atoms with Crippen molar-refractivity contribution in [3.8, 4) is 0 Å². The summed E-state index contributed by atoms with van der Waals surface area (Å²) in [6, 6.07) is 1.21. The van der Waals surface area contributed by atoms with Crippen LogP contribution in [0.2, 0.25) is 0 Å². The van der Waals surface area contributed by atoms with Crippen LogP contribution in [0.5, 0.6) is 0 Å². The molecule has 0 aliphatic carbocycles. The van der Waals surface area contributed by atoms with Crippen LogP contribution in [0.1, 0.15) is 30.6 Å². The van der Waals surface area contributed by atoms with Crippen molar-refractivity contribution in [2.24, 2.45) is 11.8 Å². The van der Waals surface area contributed by atoms with Crippen molar-refractivity contribution in [3.63, 3.8) is 0 Å². The first-order chi connectivity index (χ1) is 10.2. The van der Waals surface area contributed by atoms with E-state index in [1.165, 1.54) is 18.6 Å². The number of methoxy groups -OCH3 is 1. The smallest absolute Gasteiger partial charge is 0.338 e. The molecular weight excluding hydrogens is 330 g/mol. The first-order valence-corrected chi connectivity index (χ1v) is 8.93. The fourth-order valence-corrected chi connectivity index (χ4v) is 4.08. The number of sulfonamides is 1. The van der Waals surface area contributed by atoms with Gasteiger partial charge in [-0.3, -0.25) is 4.79 Å². The van der Waals surface area contributed by atoms with E-state index in [1.54, 1.807) is 0 Å². The largest absolute Gasteiger partial charge is 0.481 e. The highest BCUT2D eigenvalue weighted by atomic mass is 32.2. The number of esters is 1. The predicted octanol–water partition coefficient (Wildman–Crippen LogP) is 1.56. The monoisotopic (exact) mass is 349 g/mol. The molecule has 1 aromatic heterocycles. The number of carboxylic acids is 1. The molecule has 7 nitrogen and oxygen atoms in total. The summed E-state index contributed by atoms with van der Waals surface area (Å²) in [5, 5.41) is 10.5. The molecule has 2 N–H and O–H groups in total. The number of carboxylic acid groups (broad SMARTS) is 1. The zero-order valence-electron chi connectivity index (χ0n) is 12.5. The summed E-state index contributed by atoms with van der Waals surface area (Å²) in [4.78, 5) is 22.4. The van der Waals surface area contributed by atoms with E-state index in [0.717, 1.165) is 11.3 Å². The molecule has 0 aromatic carbocycles. The van der Waals surface area contributed by atoms with Gasteiger partial charge in [0, 0.05) is 11.9 Å². The van der Waals surface area contributed by atoms with E-state index in [0.29, 0.717) is 6.42 Å². The van der Waals surface area contributed by atoms with E-state index in [1.807, 2.05) is 13.8 Å². The molecule has 0 bridgehead atoms. The standard InChI is InChI=1S/C13H19NO6S2/c1-8(2)4-9(12(15)16)6-14-22(18,19)11-5-10(7-21-11)13(17)20-3/h5,7-9,14H,4,6H2,1-3H3,(H,15,16). The van der Waals surface area contributed by atoms with Crippen LogP contribution in [-0.2, 0) is 19.6 Å². The van der Waals surface area contributed by atoms with Gasteiger partial charge in [-0.2, -0.15) is 0 Å². The maximum absolute atomic E-state index is 12.1. The lowest BCUT2D eigenvalue weighted by Crippen LogP contribution is -2.33. The Balaban J connectivity index is 2.80. The zero-order chi connectivity index (χ0) is 16.9. The maximum Gasteiger partial charge on any atom is 0.338 e. The number of carbonyl (C=O) groups excluding carboxylic acids is 1. The molecule has 0 amide bonds. The van der Waals surface area contributed by atoms with Crippen LogP contribution in [0, 0.1) is 11.8 Å². The van der Waals surface area contributed by atoms with Gasteiger partial charge in [0.1, 0.15) is 4.21 Å². The summed E-state index contributed by atoms with van der Waals surface area (Å²) in [5.41, 5.74) is 0.143. The Morgan fingerprint density at radius 2 is 2.05 bits per heavy atom. The number of hydrogen-bond acceptors (Lipinski definition) is 6. The highest BCUT2D eigenvalue weighted by Gasteiger charge is 2.24. The van der Waals surface area contributed by atoms with Gasteiger partial charge in [-0.15, -0.1) is 11.3 Å². The molecule has 0 saturated carbocycles. The third-order valence-electron chi connectivity index (χ3n) is 2.89. The molecule has 1 rings (SSSR count). The van der Waals surface area contributed by atoms with Crippen LogP contribution in [0.4, 0.5) is 0 Å². The van der Waals surface area contributed by atoms with Crippen LogP contribution in [0.25, 0.3) is 0 Å². The Hall–Kier alpha value is -1.45. The van der Waals surface area contributed by atoms with Gasteiger partial charge in [-0.1, -0.05) is 13.8 Å². The molecule has 22 heavy (non-hydrogen) atoms. The van der Waals surface area contributed by atoms with Crippen molar-refractivity contribution in [2.75, 3.05) is 13.7 Å². The molecule has 0 fully saturated rings. The molecule has 1 unspecified atom stereocenters. The Bertz CT molecular complexity index is 635. The Labute approximate surface area is 133 Å². The molecule has 0 aliphatic rings. The molecule has 1 atom stereocenters. The fourth-order valence-electron chi connectivity index (χ4n) is 1.80. The second-order valence-corrected chi connectivity index (χ2v) is 8.07. The third kappa shape index (κ3) is 5.08. The van der Waals surface area contributed by atoms with Crippen LogP contribution in [0.15, 0.2) is 15.7 Å². The predicted molar refractivity (Wildman–Crippen MR) is 81.4 cm³/mol. The average Bonchev–Trinajstić information content (AvgIpc) is 2.92. The number of aliphatic carboxylic acids is 1. The van der Waals surface area contributed by atoms with Crippen LogP contribution >= 0.6 is 11.3 Å². The lowest BCUT2D eigenvalue weighted by Gasteiger charge is -2.15. The highest BCUT2D eigenvalue weighted by molar-refractivity contribution is 7.91. The molecule has 0 spiro atoms. The second-order valence-electron chi connectivity index (χ2n) is 5.16. The first-order valence-electron chi connectivity index (χ1n) is 6.56. The topological polar surface area (TPSA) is 110 Å². The Morgan fingerprint density at radius 1 is 1.41 bits per heavy atom. The zero-order valence-corrected chi connectivity index (χ0v) is 14.2. The summed E-state index contributed by atoms with van der Waals surface area (Å²) >= 11 is 0.875. The number of rotatable bonds is 8. The van der Waals surface area contributed by atoms with Crippen molar-refractivity contribution in [1.29, 1.82) is 0 Å². The first kappa shape index (κ1) is 18.6. The van der Waals surface area contributed by atoms with Gasteiger partial charge >= 0.3 is 11.9 Å². The normalized spacial score (nSPS) is 13.1. The average molecular weight is 349 g/mol. The van der Waals surface area contributed by atoms with Gasteiger partial charge in [0.25, 0.3) is 0 Å². The number of thiophene rings is 1. The van der Waals surface area contributed by atoms with E-state index in [2.05, 4.69) is 9.46 Å². The summed E-state index contributed by atoms with van der Waals surface area (Å²) in [7, 11) is -2.64. The quantitative estimate of drug-likeness (QED) is 0.689. The van der Waals surface area contributed by atoms with Gasteiger partial charge in [0.05, 0.1) is 18.6 Å². The molecule has 9 heteroatoms. The van der Waals surface area contributed by atoms with Gasteiger partial charge in [-0.25, -0.2) is 17.9 Å². The van der Waals surface area contributed by atoms with Crippen molar-refractivity contribution in [2.45, 2.75) is 24.5 Å². The van der Waals surface area contributed by atoms with E-state index < -0.39 is 27.9 Å². The van der Waals surface area contributed by atoms with Crippen LogP contribution in [-0.4, -0.2) is 39.1 Å². The van der Waals surface area contributed by atoms with Crippen molar-refractivity contribution >= 4 is 33.3 Å². The minimum absolute atomic E-state index is 0.0541. The van der Waals surface area contributed by atoms with Crippen molar-refractivity contribution < 1.29 is 27.9 Å². The van der Waals surface area contributed by atoms with Crippen LogP contribution < -0.4 is 4.72 Å². The molecule has 0 saturated heterocycles. The molecule has 124 valence electrons. The second kappa shape index (κ2) is 7.70. The summed E-state index contributed by atoms with van der Waals surface area (Å²) in [6.45, 7) is 3.54. The van der Waals surface area contributed by atoms with E-state index in [-0.39, 0.29) is 22.2 Å². The number of hydrogen-bond donors (Lipinski definition) is 2. The summed E-state index contributed by atoms with van der Waals surface area (Å²) in [6.07, 6.45) is 0.371. The minimum Gasteiger partial charge on any atom is -0.481 e.